The molecule has 0 fully saturated rings. The lowest BCUT2D eigenvalue weighted by Gasteiger charge is -2.04. The molecule has 0 aliphatic heterocycles. The highest BCUT2D eigenvalue weighted by Crippen LogP contribution is 2.31. The first-order chi connectivity index (χ1) is 7.65. The van der Waals surface area contributed by atoms with Gasteiger partial charge in [0.15, 0.2) is 0 Å². The summed E-state index contributed by atoms with van der Waals surface area (Å²) in [4.78, 5) is 12.9. The van der Waals surface area contributed by atoms with E-state index in [9.17, 15) is 4.79 Å². The van der Waals surface area contributed by atoms with Gasteiger partial charge in [0, 0.05) is 17.3 Å². The second-order valence-corrected chi connectivity index (χ2v) is 4.75. The molecule has 0 spiro atoms. The fourth-order valence-electron chi connectivity index (χ4n) is 1.60. The molecule has 0 amide bonds. The molecule has 0 saturated heterocycles. The van der Waals surface area contributed by atoms with Gasteiger partial charge in [0.25, 0.3) is 0 Å². The summed E-state index contributed by atoms with van der Waals surface area (Å²) in [5.74, 6) is -0.273. The van der Waals surface area contributed by atoms with Crippen molar-refractivity contribution in [1.29, 1.82) is 0 Å². The number of carbonyl (C=O) groups is 1. The van der Waals surface area contributed by atoms with Crippen molar-refractivity contribution in [3.63, 3.8) is 0 Å². The van der Waals surface area contributed by atoms with Crippen LogP contribution in [0.25, 0.3) is 5.00 Å². The Morgan fingerprint density at radius 1 is 1.31 bits per heavy atom. The molecule has 2 heterocycles. The molecule has 2 aromatic rings. The Labute approximate surface area is 98.3 Å². The van der Waals surface area contributed by atoms with Crippen LogP contribution in [0.4, 0.5) is 0 Å². The van der Waals surface area contributed by atoms with Crippen molar-refractivity contribution in [2.24, 2.45) is 0 Å². The molecule has 0 aliphatic rings. The summed E-state index contributed by atoms with van der Waals surface area (Å²) in [6.45, 7) is 3.96. The van der Waals surface area contributed by atoms with Crippen LogP contribution in [0, 0.1) is 13.8 Å². The highest BCUT2D eigenvalue weighted by atomic mass is 32.1. The van der Waals surface area contributed by atoms with Crippen LogP contribution in [0.3, 0.4) is 0 Å². The molecule has 3 nitrogen and oxygen atoms in total. The molecule has 0 bridgehead atoms. The molecule has 2 rings (SSSR count). The van der Waals surface area contributed by atoms with Gasteiger partial charge in [-0.2, -0.15) is 0 Å². The van der Waals surface area contributed by atoms with Gasteiger partial charge in [-0.15, -0.1) is 11.3 Å². The van der Waals surface area contributed by atoms with Gasteiger partial charge in [-0.25, -0.2) is 4.79 Å². The lowest BCUT2D eigenvalue weighted by molar-refractivity contribution is 0.0600. The van der Waals surface area contributed by atoms with Gasteiger partial charge in [0.2, 0.25) is 0 Å². The fraction of sp³-hybridized carbons (Fsp3) is 0.250. The van der Waals surface area contributed by atoms with E-state index >= 15 is 0 Å². The van der Waals surface area contributed by atoms with Gasteiger partial charge in [-0.05, 0) is 31.5 Å². The first kappa shape index (κ1) is 11.0. The van der Waals surface area contributed by atoms with E-state index in [0.717, 1.165) is 15.4 Å². The lowest BCUT2D eigenvalue weighted by atomic mass is 10.1. The van der Waals surface area contributed by atoms with E-state index < -0.39 is 0 Å². The molecule has 2 aromatic heterocycles. The second kappa shape index (κ2) is 4.14. The number of aryl methyl sites for hydroxylation is 1. The average Bonchev–Trinajstić information content (AvgIpc) is 2.87. The average molecular weight is 235 g/mol. The van der Waals surface area contributed by atoms with E-state index in [1.807, 2.05) is 42.9 Å². The Bertz CT molecular complexity index is 511. The quantitative estimate of drug-likeness (QED) is 0.749. The third-order valence-electron chi connectivity index (χ3n) is 2.60. The Kier molecular flexibility index (Phi) is 2.83. The smallest absolute Gasteiger partial charge is 0.341 e. The molecule has 0 radical (unpaired) electrons. The Balaban J connectivity index is 2.62. The van der Waals surface area contributed by atoms with Crippen LogP contribution in [-0.2, 0) is 4.74 Å². The first-order valence-corrected chi connectivity index (χ1v) is 5.78. The molecule has 0 aliphatic carbocycles. The van der Waals surface area contributed by atoms with Crippen molar-refractivity contribution in [3.05, 3.63) is 40.5 Å². The van der Waals surface area contributed by atoms with Gasteiger partial charge in [0.05, 0.1) is 12.7 Å². The summed E-state index contributed by atoms with van der Waals surface area (Å²) in [6.07, 6.45) is 3.86. The summed E-state index contributed by atoms with van der Waals surface area (Å²) in [5.41, 5.74) is 1.67. The molecule has 4 heteroatoms. The predicted molar refractivity (Wildman–Crippen MR) is 64.5 cm³/mol. The normalized spacial score (nSPS) is 10.4. The predicted octanol–water partition coefficient (Wildman–Crippen LogP) is 2.94. The van der Waals surface area contributed by atoms with Crippen LogP contribution in [0.5, 0.6) is 0 Å². The van der Waals surface area contributed by atoms with Crippen molar-refractivity contribution in [3.8, 4) is 5.00 Å². The number of thiophene rings is 1. The van der Waals surface area contributed by atoms with Crippen molar-refractivity contribution in [2.75, 3.05) is 7.11 Å². The SMILES string of the molecule is COC(=O)c1c(-n2cccc2)sc(C)c1C. The van der Waals surface area contributed by atoms with Crippen LogP contribution in [0.1, 0.15) is 20.8 Å². The highest BCUT2D eigenvalue weighted by Gasteiger charge is 2.20. The fourth-order valence-corrected chi connectivity index (χ4v) is 2.71. The monoisotopic (exact) mass is 235 g/mol. The molecule has 0 atom stereocenters. The van der Waals surface area contributed by atoms with Crippen molar-refractivity contribution < 1.29 is 9.53 Å². The van der Waals surface area contributed by atoms with Crippen LogP contribution in [0.2, 0.25) is 0 Å². The number of ether oxygens (including phenoxy) is 1. The van der Waals surface area contributed by atoms with Crippen molar-refractivity contribution in [1.82, 2.24) is 4.57 Å². The number of hydrogen-bond acceptors (Lipinski definition) is 3. The van der Waals surface area contributed by atoms with E-state index in [-0.39, 0.29) is 5.97 Å². The molecule has 0 unspecified atom stereocenters. The maximum absolute atomic E-state index is 11.7. The summed E-state index contributed by atoms with van der Waals surface area (Å²) in [5, 5.41) is 0.923. The zero-order valence-corrected chi connectivity index (χ0v) is 10.3. The zero-order chi connectivity index (χ0) is 11.7. The summed E-state index contributed by atoms with van der Waals surface area (Å²) in [7, 11) is 1.41. The second-order valence-electron chi connectivity index (χ2n) is 3.55. The minimum absolute atomic E-state index is 0.273. The van der Waals surface area contributed by atoms with E-state index in [0.29, 0.717) is 5.56 Å². The van der Waals surface area contributed by atoms with E-state index in [4.69, 9.17) is 4.74 Å². The summed E-state index contributed by atoms with van der Waals surface area (Å²) >= 11 is 1.60. The Hall–Kier alpha value is -1.55. The van der Waals surface area contributed by atoms with Gasteiger partial charge in [0.1, 0.15) is 5.00 Å². The Morgan fingerprint density at radius 2 is 1.94 bits per heavy atom. The van der Waals surface area contributed by atoms with E-state index in [1.165, 1.54) is 7.11 Å². The third kappa shape index (κ3) is 1.65. The van der Waals surface area contributed by atoms with Gasteiger partial charge in [-0.3, -0.25) is 0 Å². The van der Waals surface area contributed by atoms with Gasteiger partial charge >= 0.3 is 5.97 Å². The number of hydrogen-bond donors (Lipinski definition) is 0. The first-order valence-electron chi connectivity index (χ1n) is 4.96. The van der Waals surface area contributed by atoms with Crippen LogP contribution in [-0.4, -0.2) is 17.6 Å². The number of carbonyl (C=O) groups excluding carboxylic acids is 1. The van der Waals surface area contributed by atoms with Crippen LogP contribution < -0.4 is 0 Å². The number of aromatic nitrogens is 1. The topological polar surface area (TPSA) is 31.2 Å². The molecule has 16 heavy (non-hydrogen) atoms. The molecule has 0 saturated carbocycles. The molecular weight excluding hydrogens is 222 g/mol. The van der Waals surface area contributed by atoms with Crippen molar-refractivity contribution >= 4 is 17.3 Å². The zero-order valence-electron chi connectivity index (χ0n) is 9.48. The summed E-state index contributed by atoms with van der Waals surface area (Å²) in [6, 6.07) is 3.87. The molecule has 0 N–H and O–H groups in total. The maximum atomic E-state index is 11.7. The molecule has 84 valence electrons. The van der Waals surface area contributed by atoms with E-state index in [1.54, 1.807) is 11.3 Å². The van der Waals surface area contributed by atoms with Crippen LogP contribution >= 0.6 is 11.3 Å². The van der Waals surface area contributed by atoms with Crippen molar-refractivity contribution in [2.45, 2.75) is 13.8 Å². The standard InChI is InChI=1S/C12H13NO2S/c1-8-9(2)16-11(10(8)12(14)15-3)13-6-4-5-7-13/h4-7H,1-3H3. The van der Waals surface area contributed by atoms with E-state index in [2.05, 4.69) is 0 Å². The number of rotatable bonds is 2. The minimum atomic E-state index is -0.273. The lowest BCUT2D eigenvalue weighted by Crippen LogP contribution is -2.05. The number of nitrogens with zero attached hydrogens (tertiary/aromatic N) is 1. The largest absolute Gasteiger partial charge is 0.465 e. The highest BCUT2D eigenvalue weighted by molar-refractivity contribution is 7.15. The maximum Gasteiger partial charge on any atom is 0.341 e. The minimum Gasteiger partial charge on any atom is -0.465 e. The Morgan fingerprint density at radius 3 is 2.50 bits per heavy atom. The van der Waals surface area contributed by atoms with Crippen LogP contribution in [0.15, 0.2) is 24.5 Å². The molecular formula is C12H13NO2S. The number of methoxy groups -OCH3 is 1. The third-order valence-corrected chi connectivity index (χ3v) is 3.82. The van der Waals surface area contributed by atoms with Gasteiger partial charge in [-0.1, -0.05) is 0 Å². The molecule has 0 aromatic carbocycles. The van der Waals surface area contributed by atoms with Gasteiger partial charge < -0.3 is 9.30 Å². The summed E-state index contributed by atoms with van der Waals surface area (Å²) < 4.78 is 6.76. The number of esters is 1.